The summed E-state index contributed by atoms with van der Waals surface area (Å²) in [5, 5.41) is 2.33. The molecule has 6 heteroatoms. The van der Waals surface area contributed by atoms with Crippen molar-refractivity contribution >= 4 is 22.1 Å². The monoisotopic (exact) mass is 320 g/mol. The van der Waals surface area contributed by atoms with Gasteiger partial charge in [0.2, 0.25) is 0 Å². The molecule has 2 heterocycles. The SMILES string of the molecule is Cn1c(=O)c(=O)n(C)c2c1ncn2Cc1cccc2ccccc12. The highest BCUT2D eigenvalue weighted by atomic mass is 16.2. The minimum Gasteiger partial charge on any atom is -0.311 e. The van der Waals surface area contributed by atoms with Gasteiger partial charge in [-0.1, -0.05) is 42.5 Å². The van der Waals surface area contributed by atoms with Crippen molar-refractivity contribution < 1.29 is 0 Å². The molecule has 2 aromatic carbocycles. The highest BCUT2D eigenvalue weighted by Gasteiger charge is 2.14. The molecule has 120 valence electrons. The van der Waals surface area contributed by atoms with Crippen LogP contribution < -0.4 is 11.1 Å². The molecule has 0 aliphatic heterocycles. The molecule has 0 amide bonds. The molecule has 0 fully saturated rings. The molecule has 0 N–H and O–H groups in total. The van der Waals surface area contributed by atoms with Gasteiger partial charge in [0.15, 0.2) is 11.3 Å². The molecular weight excluding hydrogens is 304 g/mol. The van der Waals surface area contributed by atoms with Gasteiger partial charge in [0.05, 0.1) is 12.9 Å². The third-order valence-corrected chi connectivity index (χ3v) is 4.44. The summed E-state index contributed by atoms with van der Waals surface area (Å²) in [7, 11) is 3.18. The zero-order chi connectivity index (χ0) is 16.8. The van der Waals surface area contributed by atoms with Crippen LogP contribution in [0.1, 0.15) is 5.56 Å². The predicted octanol–water partition coefficient (Wildman–Crippen LogP) is 1.64. The minimum atomic E-state index is -0.569. The summed E-state index contributed by atoms with van der Waals surface area (Å²) in [5.41, 5.74) is 1.15. The minimum absolute atomic E-state index is 0.502. The first-order valence-corrected chi connectivity index (χ1v) is 7.65. The van der Waals surface area contributed by atoms with Gasteiger partial charge in [0.25, 0.3) is 0 Å². The molecule has 2 aromatic heterocycles. The molecule has 0 unspecified atom stereocenters. The van der Waals surface area contributed by atoms with E-state index in [4.69, 9.17) is 0 Å². The van der Waals surface area contributed by atoms with Crippen LogP contribution >= 0.6 is 0 Å². The Hall–Kier alpha value is -3.15. The van der Waals surface area contributed by atoms with Crippen LogP contribution in [-0.4, -0.2) is 18.7 Å². The van der Waals surface area contributed by atoms with Gasteiger partial charge in [0, 0.05) is 14.1 Å². The average molecular weight is 320 g/mol. The van der Waals surface area contributed by atoms with Crippen molar-refractivity contribution in [3.05, 3.63) is 75.1 Å². The second-order valence-corrected chi connectivity index (χ2v) is 5.89. The predicted molar refractivity (Wildman–Crippen MR) is 93.3 cm³/mol. The highest BCUT2D eigenvalue weighted by molar-refractivity contribution is 5.85. The molecule has 4 aromatic rings. The quantitative estimate of drug-likeness (QED) is 0.528. The Balaban J connectivity index is 1.95. The fourth-order valence-corrected chi connectivity index (χ4v) is 3.15. The Labute approximate surface area is 137 Å². The maximum atomic E-state index is 12.1. The average Bonchev–Trinajstić information content (AvgIpc) is 3.02. The second-order valence-electron chi connectivity index (χ2n) is 5.89. The van der Waals surface area contributed by atoms with Crippen molar-refractivity contribution in [2.45, 2.75) is 6.54 Å². The van der Waals surface area contributed by atoms with Gasteiger partial charge in [-0.05, 0) is 16.3 Å². The Morgan fingerprint density at radius 1 is 0.917 bits per heavy atom. The summed E-state index contributed by atoms with van der Waals surface area (Å²) in [6.45, 7) is 0.573. The maximum absolute atomic E-state index is 12.1. The van der Waals surface area contributed by atoms with E-state index in [2.05, 4.69) is 29.2 Å². The standard InChI is InChI=1S/C18H16N4O2/c1-20-15-16(21(2)18(24)17(20)23)22(11-19-15)10-13-8-5-7-12-6-3-4-9-14(12)13/h3-9,11H,10H2,1-2H3. The van der Waals surface area contributed by atoms with Crippen LogP contribution in [0.25, 0.3) is 22.1 Å². The number of nitrogens with zero attached hydrogens (tertiary/aromatic N) is 4. The number of imidazole rings is 1. The Bertz CT molecular complexity index is 1190. The van der Waals surface area contributed by atoms with E-state index < -0.39 is 11.1 Å². The summed E-state index contributed by atoms with van der Waals surface area (Å²) in [6.07, 6.45) is 1.67. The Kier molecular flexibility index (Phi) is 3.13. The lowest BCUT2D eigenvalue weighted by Gasteiger charge is -2.10. The lowest BCUT2D eigenvalue weighted by molar-refractivity contribution is 0.744. The molecule has 6 nitrogen and oxygen atoms in total. The Morgan fingerprint density at radius 2 is 1.62 bits per heavy atom. The van der Waals surface area contributed by atoms with Gasteiger partial charge in [-0.3, -0.25) is 18.7 Å². The molecule has 0 radical (unpaired) electrons. The van der Waals surface area contributed by atoms with Gasteiger partial charge in [-0.2, -0.15) is 0 Å². The molecule has 0 saturated carbocycles. The van der Waals surface area contributed by atoms with E-state index >= 15 is 0 Å². The highest BCUT2D eigenvalue weighted by Crippen LogP contribution is 2.20. The van der Waals surface area contributed by atoms with E-state index in [1.54, 1.807) is 20.4 Å². The smallest absolute Gasteiger partial charge is 0.311 e. The van der Waals surface area contributed by atoms with Crippen molar-refractivity contribution in [3.63, 3.8) is 0 Å². The molecule has 0 spiro atoms. The topological polar surface area (TPSA) is 61.8 Å². The first kappa shape index (κ1) is 14.4. The van der Waals surface area contributed by atoms with Gasteiger partial charge in [-0.25, -0.2) is 4.98 Å². The summed E-state index contributed by atoms with van der Waals surface area (Å²) in [4.78, 5) is 28.4. The van der Waals surface area contributed by atoms with Gasteiger partial charge >= 0.3 is 11.1 Å². The van der Waals surface area contributed by atoms with Crippen molar-refractivity contribution in [2.24, 2.45) is 14.1 Å². The zero-order valence-corrected chi connectivity index (χ0v) is 13.4. The molecule has 24 heavy (non-hydrogen) atoms. The summed E-state index contributed by atoms with van der Waals surface area (Å²) in [6, 6.07) is 14.3. The van der Waals surface area contributed by atoms with Gasteiger partial charge < -0.3 is 4.57 Å². The number of benzene rings is 2. The van der Waals surface area contributed by atoms with Crippen molar-refractivity contribution in [2.75, 3.05) is 0 Å². The third-order valence-electron chi connectivity index (χ3n) is 4.44. The third kappa shape index (κ3) is 2.00. The van der Waals surface area contributed by atoms with Gasteiger partial charge in [-0.15, -0.1) is 0 Å². The number of hydrogen-bond acceptors (Lipinski definition) is 3. The van der Waals surface area contributed by atoms with E-state index in [0.29, 0.717) is 17.8 Å². The van der Waals surface area contributed by atoms with Crippen LogP contribution in [-0.2, 0) is 20.6 Å². The van der Waals surface area contributed by atoms with Crippen molar-refractivity contribution in [1.29, 1.82) is 0 Å². The summed E-state index contributed by atoms with van der Waals surface area (Å²) < 4.78 is 4.57. The molecule has 0 saturated heterocycles. The number of fused-ring (bicyclic) bond motifs is 2. The van der Waals surface area contributed by atoms with E-state index in [-0.39, 0.29) is 0 Å². The van der Waals surface area contributed by atoms with Crippen LogP contribution in [0.15, 0.2) is 58.4 Å². The summed E-state index contributed by atoms with van der Waals surface area (Å²) in [5.74, 6) is 0. The molecule has 0 atom stereocenters. The number of rotatable bonds is 2. The Morgan fingerprint density at radius 3 is 2.46 bits per heavy atom. The lowest BCUT2D eigenvalue weighted by Crippen LogP contribution is -2.39. The van der Waals surface area contributed by atoms with Crippen molar-refractivity contribution in [1.82, 2.24) is 18.7 Å². The maximum Gasteiger partial charge on any atom is 0.317 e. The zero-order valence-electron chi connectivity index (χ0n) is 13.4. The van der Waals surface area contributed by atoms with Crippen molar-refractivity contribution in [3.8, 4) is 0 Å². The van der Waals surface area contributed by atoms with E-state index in [1.807, 2.05) is 22.8 Å². The van der Waals surface area contributed by atoms with Crippen LogP contribution in [0.2, 0.25) is 0 Å². The molecule has 0 aliphatic carbocycles. The lowest BCUT2D eigenvalue weighted by atomic mass is 10.0. The second kappa shape index (κ2) is 5.19. The fourth-order valence-electron chi connectivity index (χ4n) is 3.15. The van der Waals surface area contributed by atoms with Crippen LogP contribution in [0.4, 0.5) is 0 Å². The van der Waals surface area contributed by atoms with E-state index in [9.17, 15) is 9.59 Å². The summed E-state index contributed by atoms with van der Waals surface area (Å²) >= 11 is 0. The molecule has 4 rings (SSSR count). The van der Waals surface area contributed by atoms with Gasteiger partial charge in [0.1, 0.15) is 0 Å². The number of hydrogen-bond donors (Lipinski definition) is 0. The molecule has 0 bridgehead atoms. The first-order chi connectivity index (χ1) is 11.6. The van der Waals surface area contributed by atoms with Crippen LogP contribution in [0.3, 0.4) is 0 Å². The largest absolute Gasteiger partial charge is 0.317 e. The fraction of sp³-hybridized carbons (Fsp3) is 0.167. The molecule has 0 aliphatic rings. The first-order valence-electron chi connectivity index (χ1n) is 7.65. The normalized spacial score (nSPS) is 11.4. The van der Waals surface area contributed by atoms with Crippen LogP contribution in [0.5, 0.6) is 0 Å². The van der Waals surface area contributed by atoms with E-state index in [1.165, 1.54) is 14.5 Å². The number of aryl methyl sites for hydroxylation is 2. The molecular formula is C18H16N4O2. The van der Waals surface area contributed by atoms with Crippen LogP contribution in [0, 0.1) is 0 Å². The number of aromatic nitrogens is 4. The van der Waals surface area contributed by atoms with E-state index in [0.717, 1.165) is 10.9 Å².